The second-order valence-corrected chi connectivity index (χ2v) is 6.66. The molecule has 0 aromatic heterocycles. The average Bonchev–Trinajstić information content (AvgIpc) is 2.37. The van der Waals surface area contributed by atoms with Gasteiger partial charge in [0.15, 0.2) is 0 Å². The minimum atomic E-state index is -3.91. The van der Waals surface area contributed by atoms with Crippen molar-refractivity contribution in [2.45, 2.75) is 11.8 Å². The highest BCUT2D eigenvalue weighted by atomic mass is 35.5. The highest BCUT2D eigenvalue weighted by Crippen LogP contribution is 2.37. The van der Waals surface area contributed by atoms with E-state index in [9.17, 15) is 8.42 Å². The van der Waals surface area contributed by atoms with Crippen molar-refractivity contribution in [3.05, 3.63) is 45.9 Å². The highest BCUT2D eigenvalue weighted by molar-refractivity contribution is 7.89. The molecule has 0 aliphatic heterocycles. The van der Waals surface area contributed by atoms with E-state index in [1.165, 1.54) is 12.1 Å². The Kier molecular flexibility index (Phi) is 4.34. The van der Waals surface area contributed by atoms with Gasteiger partial charge < -0.3 is 10.5 Å². The quantitative estimate of drug-likeness (QED) is 0.833. The molecule has 0 bridgehead atoms. The maximum absolute atomic E-state index is 11.6. The Morgan fingerprint density at radius 3 is 2.43 bits per heavy atom. The van der Waals surface area contributed by atoms with Crippen molar-refractivity contribution in [1.82, 2.24) is 0 Å². The second-order valence-electron chi connectivity index (χ2n) is 4.34. The molecule has 0 fully saturated rings. The minimum absolute atomic E-state index is 0.101. The molecule has 0 spiro atoms. The first kappa shape index (κ1) is 15.9. The lowest BCUT2D eigenvalue weighted by atomic mass is 10.2. The third-order valence-electron chi connectivity index (χ3n) is 2.78. The molecule has 0 atom stereocenters. The molecule has 0 amide bonds. The minimum Gasteiger partial charge on any atom is -0.455 e. The number of sulfonamides is 1. The van der Waals surface area contributed by atoms with Gasteiger partial charge in [-0.25, -0.2) is 13.6 Å². The molecule has 0 saturated carbocycles. The molecular weight excluding hydrogens is 335 g/mol. The monoisotopic (exact) mass is 346 g/mol. The lowest BCUT2D eigenvalue weighted by Gasteiger charge is -2.14. The molecule has 2 aromatic carbocycles. The van der Waals surface area contributed by atoms with Gasteiger partial charge in [-0.05, 0) is 25.1 Å². The van der Waals surface area contributed by atoms with E-state index < -0.39 is 10.0 Å². The van der Waals surface area contributed by atoms with Gasteiger partial charge in [0.05, 0.1) is 9.92 Å². The van der Waals surface area contributed by atoms with Crippen molar-refractivity contribution >= 4 is 38.9 Å². The lowest BCUT2D eigenvalue weighted by Crippen LogP contribution is -2.14. The van der Waals surface area contributed by atoms with Gasteiger partial charge >= 0.3 is 0 Å². The van der Waals surface area contributed by atoms with E-state index in [2.05, 4.69) is 0 Å². The molecule has 0 aliphatic rings. The first-order valence-corrected chi connectivity index (χ1v) is 8.05. The van der Waals surface area contributed by atoms with E-state index in [1.807, 2.05) is 0 Å². The predicted octanol–water partition coefficient (Wildman–Crippen LogP) is 3.32. The summed E-state index contributed by atoms with van der Waals surface area (Å²) in [6, 6.07) is 7.64. The Hall–Kier alpha value is -1.47. The topological polar surface area (TPSA) is 95.4 Å². The molecule has 0 saturated heterocycles. The number of halogens is 2. The van der Waals surface area contributed by atoms with E-state index >= 15 is 0 Å². The van der Waals surface area contributed by atoms with Gasteiger partial charge in [0.1, 0.15) is 16.5 Å². The fourth-order valence-corrected chi connectivity index (χ4v) is 2.92. The van der Waals surface area contributed by atoms with Gasteiger partial charge in [-0.15, -0.1) is 0 Å². The molecule has 112 valence electrons. The number of benzene rings is 2. The molecule has 4 N–H and O–H groups in total. The number of ether oxygens (including phenoxy) is 1. The summed E-state index contributed by atoms with van der Waals surface area (Å²) in [5, 5.41) is 5.70. The third kappa shape index (κ3) is 3.41. The summed E-state index contributed by atoms with van der Waals surface area (Å²) in [6.45, 7) is 1.56. The molecule has 2 rings (SSSR count). The number of rotatable bonds is 3. The Bertz CT molecular complexity index is 807. The van der Waals surface area contributed by atoms with Crippen LogP contribution in [0.1, 0.15) is 5.56 Å². The summed E-state index contributed by atoms with van der Waals surface area (Å²) >= 11 is 11.9. The maximum Gasteiger partial charge on any atom is 0.238 e. The van der Waals surface area contributed by atoms with Crippen molar-refractivity contribution in [3.63, 3.8) is 0 Å². The van der Waals surface area contributed by atoms with E-state index in [0.717, 1.165) is 0 Å². The first-order chi connectivity index (χ1) is 9.70. The Balaban J connectivity index is 2.55. The van der Waals surface area contributed by atoms with Gasteiger partial charge in [0.2, 0.25) is 10.0 Å². The number of hydrogen-bond acceptors (Lipinski definition) is 4. The maximum atomic E-state index is 11.6. The van der Waals surface area contributed by atoms with Crippen LogP contribution in [-0.4, -0.2) is 8.42 Å². The van der Waals surface area contributed by atoms with Crippen LogP contribution in [-0.2, 0) is 10.0 Å². The molecule has 8 heteroatoms. The van der Waals surface area contributed by atoms with Crippen molar-refractivity contribution in [3.8, 4) is 11.5 Å². The van der Waals surface area contributed by atoms with Crippen LogP contribution >= 0.6 is 23.2 Å². The smallest absolute Gasteiger partial charge is 0.238 e. The van der Waals surface area contributed by atoms with Crippen LogP contribution in [0.4, 0.5) is 5.69 Å². The van der Waals surface area contributed by atoms with Crippen LogP contribution in [0.3, 0.4) is 0 Å². The van der Waals surface area contributed by atoms with Crippen LogP contribution in [0, 0.1) is 6.92 Å². The highest BCUT2D eigenvalue weighted by Gasteiger charge is 2.17. The third-order valence-corrected chi connectivity index (χ3v) is 4.62. The zero-order valence-corrected chi connectivity index (χ0v) is 13.3. The number of primary sulfonamides is 1. The molecule has 21 heavy (non-hydrogen) atoms. The van der Waals surface area contributed by atoms with Gasteiger partial charge in [0, 0.05) is 17.3 Å². The first-order valence-electron chi connectivity index (χ1n) is 5.75. The molecule has 0 aliphatic carbocycles. The largest absolute Gasteiger partial charge is 0.455 e. The summed E-state index contributed by atoms with van der Waals surface area (Å²) in [4.78, 5) is -0.101. The fourth-order valence-electron chi connectivity index (χ4n) is 1.77. The van der Waals surface area contributed by atoms with Gasteiger partial charge in [-0.1, -0.05) is 29.3 Å². The van der Waals surface area contributed by atoms with Crippen LogP contribution in [0.5, 0.6) is 11.5 Å². The van der Waals surface area contributed by atoms with E-state index in [4.69, 9.17) is 38.8 Å². The zero-order valence-electron chi connectivity index (χ0n) is 10.9. The predicted molar refractivity (Wildman–Crippen MR) is 83.5 cm³/mol. The number of anilines is 1. The molecular formula is C13H12Cl2N2O3S. The second kappa shape index (κ2) is 5.73. The van der Waals surface area contributed by atoms with Crippen molar-refractivity contribution < 1.29 is 13.2 Å². The Labute approximate surface area is 132 Å². The number of nitrogens with two attached hydrogens (primary N) is 2. The normalized spacial score (nSPS) is 11.4. The molecule has 5 nitrogen and oxygen atoms in total. The van der Waals surface area contributed by atoms with Crippen LogP contribution < -0.4 is 15.6 Å². The van der Waals surface area contributed by atoms with E-state index in [-0.39, 0.29) is 21.4 Å². The molecule has 0 radical (unpaired) electrons. The zero-order chi connectivity index (χ0) is 15.8. The summed E-state index contributed by atoms with van der Waals surface area (Å²) in [5.41, 5.74) is 6.23. The number of hydrogen-bond donors (Lipinski definition) is 2. The van der Waals surface area contributed by atoms with Gasteiger partial charge in [-0.2, -0.15) is 0 Å². The van der Waals surface area contributed by atoms with Crippen LogP contribution in [0.15, 0.2) is 35.2 Å². The van der Waals surface area contributed by atoms with Crippen molar-refractivity contribution in [2.24, 2.45) is 5.14 Å². The summed E-state index contributed by atoms with van der Waals surface area (Å²) in [7, 11) is -3.91. The molecule has 0 unspecified atom stereocenters. The summed E-state index contributed by atoms with van der Waals surface area (Å²) < 4.78 is 28.7. The van der Waals surface area contributed by atoms with E-state index in [0.29, 0.717) is 16.3 Å². The lowest BCUT2D eigenvalue weighted by molar-refractivity contribution is 0.477. The Morgan fingerprint density at radius 2 is 1.81 bits per heavy atom. The average molecular weight is 347 g/mol. The van der Waals surface area contributed by atoms with Crippen LogP contribution in [0.25, 0.3) is 0 Å². The van der Waals surface area contributed by atoms with E-state index in [1.54, 1.807) is 25.1 Å². The molecule has 0 heterocycles. The van der Waals surface area contributed by atoms with Gasteiger partial charge in [0.25, 0.3) is 0 Å². The fraction of sp³-hybridized carbons (Fsp3) is 0.0769. The Morgan fingerprint density at radius 1 is 1.14 bits per heavy atom. The standard InChI is InChI=1S/C13H12Cl2N2O3S/c1-7-11(5-8(16)6-12(7)21(17,18)19)20-10-4-2-3-9(14)13(10)15/h2-6H,16H2,1H3,(H2,17,18,19). The summed E-state index contributed by atoms with van der Waals surface area (Å²) in [5.74, 6) is 0.529. The SMILES string of the molecule is Cc1c(Oc2cccc(Cl)c2Cl)cc(N)cc1S(N)(=O)=O. The molecule has 2 aromatic rings. The van der Waals surface area contributed by atoms with Crippen molar-refractivity contribution in [1.29, 1.82) is 0 Å². The summed E-state index contributed by atoms with van der Waals surface area (Å²) in [6.07, 6.45) is 0. The van der Waals surface area contributed by atoms with Crippen LogP contribution in [0.2, 0.25) is 10.0 Å². The van der Waals surface area contributed by atoms with Gasteiger partial charge in [-0.3, -0.25) is 0 Å². The van der Waals surface area contributed by atoms with Crippen molar-refractivity contribution in [2.75, 3.05) is 5.73 Å². The number of nitrogen functional groups attached to an aromatic ring is 1.